The first-order valence-corrected chi connectivity index (χ1v) is 3.56. The summed E-state index contributed by atoms with van der Waals surface area (Å²) in [4.78, 5) is 10.6. The molecule has 0 aromatic heterocycles. The highest BCUT2D eigenvalue weighted by Gasteiger charge is 2.37. The Bertz CT molecular complexity index is 128. The van der Waals surface area contributed by atoms with Crippen molar-refractivity contribution in [1.82, 2.24) is 0 Å². The smallest absolute Gasteiger partial charge is 0.306 e. The van der Waals surface area contributed by atoms with Crippen LogP contribution in [0.3, 0.4) is 0 Å². The molecule has 0 unspecified atom stereocenters. The van der Waals surface area contributed by atoms with Gasteiger partial charge in [-0.3, -0.25) is 4.79 Å². The zero-order chi connectivity index (χ0) is 6.27. The van der Waals surface area contributed by atoms with E-state index in [1.807, 2.05) is 0 Å². The molecule has 0 radical (unpaired) electrons. The number of esters is 1. The van der Waals surface area contributed by atoms with Gasteiger partial charge in [-0.15, -0.1) is 0 Å². The Morgan fingerprint density at radius 3 is 3.11 bits per heavy atom. The van der Waals surface area contributed by atoms with Gasteiger partial charge in [-0.1, -0.05) is 0 Å². The lowest BCUT2D eigenvalue weighted by molar-refractivity contribution is -0.141. The fourth-order valence-corrected chi connectivity index (χ4v) is 1.82. The van der Waals surface area contributed by atoms with Gasteiger partial charge in [-0.05, 0) is 19.3 Å². The number of hydrogen-bond acceptors (Lipinski definition) is 2. The minimum Gasteiger partial charge on any atom is -0.462 e. The van der Waals surface area contributed by atoms with Gasteiger partial charge in [-0.2, -0.15) is 0 Å². The van der Waals surface area contributed by atoms with Crippen molar-refractivity contribution < 1.29 is 9.53 Å². The predicted molar refractivity (Wildman–Crippen MR) is 31.8 cm³/mol. The van der Waals surface area contributed by atoms with Crippen LogP contribution in [0.5, 0.6) is 0 Å². The summed E-state index contributed by atoms with van der Waals surface area (Å²) in [6.45, 7) is 0. The second kappa shape index (κ2) is 1.72. The molecule has 2 aliphatic rings. The Balaban J connectivity index is 2.09. The molecule has 1 saturated heterocycles. The van der Waals surface area contributed by atoms with Crippen molar-refractivity contribution >= 4 is 5.97 Å². The monoisotopic (exact) mass is 126 g/mol. The first-order chi connectivity index (χ1) is 4.36. The lowest BCUT2D eigenvalue weighted by Gasteiger charge is -2.03. The van der Waals surface area contributed by atoms with Gasteiger partial charge in [0.25, 0.3) is 0 Å². The molecule has 2 rings (SSSR count). The molecule has 2 nitrogen and oxygen atoms in total. The summed E-state index contributed by atoms with van der Waals surface area (Å²) < 4.78 is 5.05. The molecular weight excluding hydrogens is 116 g/mol. The summed E-state index contributed by atoms with van der Waals surface area (Å²) in [5.74, 6) is 0.599. The van der Waals surface area contributed by atoms with Crippen LogP contribution in [0.2, 0.25) is 0 Å². The third-order valence-electron chi connectivity index (χ3n) is 2.30. The van der Waals surface area contributed by atoms with Crippen LogP contribution in [0.1, 0.15) is 25.7 Å². The maximum Gasteiger partial charge on any atom is 0.306 e. The van der Waals surface area contributed by atoms with Crippen LogP contribution >= 0.6 is 0 Å². The summed E-state index contributed by atoms with van der Waals surface area (Å²) >= 11 is 0. The first-order valence-electron chi connectivity index (χ1n) is 3.56. The SMILES string of the molecule is O=C1C[C@@H]2CCC[C@H]2O1. The van der Waals surface area contributed by atoms with Crippen LogP contribution in [0, 0.1) is 5.92 Å². The molecule has 0 amide bonds. The van der Waals surface area contributed by atoms with E-state index in [1.54, 1.807) is 0 Å². The van der Waals surface area contributed by atoms with Crippen LogP contribution in [0.15, 0.2) is 0 Å². The lowest BCUT2D eigenvalue weighted by atomic mass is 10.1. The number of carbonyl (C=O) groups is 1. The number of rotatable bonds is 0. The van der Waals surface area contributed by atoms with E-state index in [1.165, 1.54) is 12.8 Å². The summed E-state index contributed by atoms with van der Waals surface area (Å²) in [5.41, 5.74) is 0. The van der Waals surface area contributed by atoms with Crippen LogP contribution in [0.25, 0.3) is 0 Å². The average Bonchev–Trinajstić information content (AvgIpc) is 2.22. The van der Waals surface area contributed by atoms with Crippen molar-refractivity contribution in [3.63, 3.8) is 0 Å². The molecule has 0 bridgehead atoms. The van der Waals surface area contributed by atoms with E-state index in [2.05, 4.69) is 0 Å². The van der Waals surface area contributed by atoms with E-state index in [4.69, 9.17) is 4.74 Å². The molecule has 1 aliphatic heterocycles. The largest absolute Gasteiger partial charge is 0.462 e. The van der Waals surface area contributed by atoms with E-state index in [0.29, 0.717) is 18.4 Å². The van der Waals surface area contributed by atoms with Gasteiger partial charge in [0.1, 0.15) is 6.10 Å². The molecule has 0 aromatic rings. The number of carbonyl (C=O) groups excluding carboxylic acids is 1. The second-order valence-electron chi connectivity index (χ2n) is 2.92. The quantitative estimate of drug-likeness (QED) is 0.454. The highest BCUT2D eigenvalue weighted by Crippen LogP contribution is 2.35. The maximum absolute atomic E-state index is 10.6. The highest BCUT2D eigenvalue weighted by molar-refractivity contribution is 5.72. The summed E-state index contributed by atoms with van der Waals surface area (Å²) in [6, 6.07) is 0. The molecule has 1 heterocycles. The van der Waals surface area contributed by atoms with Crippen LogP contribution < -0.4 is 0 Å². The highest BCUT2D eigenvalue weighted by atomic mass is 16.5. The normalized spacial score (nSPS) is 40.7. The molecule has 9 heavy (non-hydrogen) atoms. The van der Waals surface area contributed by atoms with Gasteiger partial charge >= 0.3 is 5.97 Å². The van der Waals surface area contributed by atoms with Crippen molar-refractivity contribution in [3.8, 4) is 0 Å². The molecule has 2 atom stereocenters. The molecule has 50 valence electrons. The van der Waals surface area contributed by atoms with E-state index >= 15 is 0 Å². The van der Waals surface area contributed by atoms with Crippen molar-refractivity contribution in [2.75, 3.05) is 0 Å². The van der Waals surface area contributed by atoms with Gasteiger partial charge in [0, 0.05) is 5.92 Å². The van der Waals surface area contributed by atoms with Gasteiger partial charge in [-0.25, -0.2) is 0 Å². The minimum absolute atomic E-state index is 0.0182. The molecular formula is C7H10O2. The Morgan fingerprint density at radius 1 is 1.44 bits per heavy atom. The Labute approximate surface area is 54.2 Å². The van der Waals surface area contributed by atoms with Crippen molar-refractivity contribution in [3.05, 3.63) is 0 Å². The zero-order valence-corrected chi connectivity index (χ0v) is 5.30. The van der Waals surface area contributed by atoms with E-state index in [9.17, 15) is 4.79 Å². The molecule has 1 saturated carbocycles. The third kappa shape index (κ3) is 0.732. The van der Waals surface area contributed by atoms with Crippen LogP contribution in [-0.4, -0.2) is 12.1 Å². The van der Waals surface area contributed by atoms with Gasteiger partial charge < -0.3 is 4.74 Å². The first kappa shape index (κ1) is 5.27. The van der Waals surface area contributed by atoms with Crippen molar-refractivity contribution in [1.29, 1.82) is 0 Å². The lowest BCUT2D eigenvalue weighted by Crippen LogP contribution is -2.06. The fraction of sp³-hybridized carbons (Fsp3) is 0.857. The fourth-order valence-electron chi connectivity index (χ4n) is 1.82. The Hall–Kier alpha value is -0.530. The van der Waals surface area contributed by atoms with E-state index in [0.717, 1.165) is 6.42 Å². The van der Waals surface area contributed by atoms with Crippen LogP contribution in [0.4, 0.5) is 0 Å². The zero-order valence-electron chi connectivity index (χ0n) is 5.30. The standard InChI is InChI=1S/C7H10O2/c8-7-4-5-2-1-3-6(5)9-7/h5-6H,1-4H2/t5-,6+/m0/s1. The topological polar surface area (TPSA) is 26.3 Å². The maximum atomic E-state index is 10.6. The average molecular weight is 126 g/mol. The van der Waals surface area contributed by atoms with Crippen molar-refractivity contribution in [2.24, 2.45) is 5.92 Å². The molecule has 0 spiro atoms. The molecule has 2 fully saturated rings. The van der Waals surface area contributed by atoms with Gasteiger partial charge in [0.2, 0.25) is 0 Å². The summed E-state index contributed by atoms with van der Waals surface area (Å²) in [5, 5.41) is 0. The molecule has 2 heteroatoms. The number of ether oxygens (including phenoxy) is 1. The molecule has 0 aromatic carbocycles. The van der Waals surface area contributed by atoms with Gasteiger partial charge in [0.05, 0.1) is 6.42 Å². The van der Waals surface area contributed by atoms with Gasteiger partial charge in [0.15, 0.2) is 0 Å². The Morgan fingerprint density at radius 2 is 2.33 bits per heavy atom. The van der Waals surface area contributed by atoms with Crippen molar-refractivity contribution in [2.45, 2.75) is 31.8 Å². The van der Waals surface area contributed by atoms with Crippen LogP contribution in [-0.2, 0) is 9.53 Å². The number of hydrogen-bond donors (Lipinski definition) is 0. The minimum atomic E-state index is 0.0182. The predicted octanol–water partition coefficient (Wildman–Crippen LogP) is 1.10. The number of fused-ring (bicyclic) bond motifs is 1. The summed E-state index contributed by atoms with van der Waals surface area (Å²) in [7, 11) is 0. The second-order valence-corrected chi connectivity index (χ2v) is 2.92. The van der Waals surface area contributed by atoms with E-state index < -0.39 is 0 Å². The third-order valence-corrected chi connectivity index (χ3v) is 2.30. The molecule has 1 aliphatic carbocycles. The summed E-state index contributed by atoms with van der Waals surface area (Å²) in [6.07, 6.45) is 4.55. The Kier molecular flexibility index (Phi) is 1.01. The molecule has 0 N–H and O–H groups in total. The van der Waals surface area contributed by atoms with E-state index in [-0.39, 0.29) is 5.97 Å².